The second kappa shape index (κ2) is 9.05. The van der Waals surface area contributed by atoms with E-state index in [0.29, 0.717) is 11.6 Å². The van der Waals surface area contributed by atoms with Gasteiger partial charge in [-0.05, 0) is 36.6 Å². The first-order chi connectivity index (χ1) is 14.2. The highest BCUT2D eigenvalue weighted by molar-refractivity contribution is 6.31. The lowest BCUT2D eigenvalue weighted by molar-refractivity contribution is -0.125. The van der Waals surface area contributed by atoms with Crippen molar-refractivity contribution >= 4 is 23.3 Å². The van der Waals surface area contributed by atoms with Crippen LogP contribution in [0.5, 0.6) is 0 Å². The van der Waals surface area contributed by atoms with E-state index in [-0.39, 0.29) is 11.8 Å². The average molecular weight is 407 g/mol. The Morgan fingerprint density at radius 2 is 1.69 bits per heavy atom. The largest absolute Gasteiger partial charge is 0.355 e. The molecule has 6 heteroatoms. The summed E-state index contributed by atoms with van der Waals surface area (Å²) in [5.74, 6) is 0.972. The van der Waals surface area contributed by atoms with Crippen LogP contribution in [0.15, 0.2) is 66.7 Å². The molecule has 4 rings (SSSR count). The van der Waals surface area contributed by atoms with Gasteiger partial charge in [-0.3, -0.25) is 4.79 Å². The molecule has 1 aliphatic heterocycles. The van der Waals surface area contributed by atoms with Crippen molar-refractivity contribution in [2.45, 2.75) is 19.4 Å². The van der Waals surface area contributed by atoms with Crippen LogP contribution in [0.2, 0.25) is 5.02 Å². The predicted molar refractivity (Wildman–Crippen MR) is 116 cm³/mol. The maximum atomic E-state index is 12.5. The number of carbonyl (C=O) groups excluding carboxylic acids is 1. The van der Waals surface area contributed by atoms with Gasteiger partial charge >= 0.3 is 0 Å². The Labute approximate surface area is 175 Å². The van der Waals surface area contributed by atoms with Crippen LogP contribution in [-0.4, -0.2) is 29.2 Å². The van der Waals surface area contributed by atoms with Crippen LogP contribution in [0.25, 0.3) is 11.3 Å². The van der Waals surface area contributed by atoms with Crippen LogP contribution in [0, 0.1) is 5.92 Å². The molecule has 2 aromatic carbocycles. The molecule has 2 heterocycles. The van der Waals surface area contributed by atoms with Crippen molar-refractivity contribution in [2.75, 3.05) is 18.0 Å². The standard InChI is InChI=1S/C23H23ClN4O/c24-20-9-5-4-8-19(20)16-25-23(29)18-12-14-28(15-13-18)22-11-10-21(26-27-22)17-6-2-1-3-7-17/h1-11,18H,12-16H2,(H,25,29). The molecule has 0 bridgehead atoms. The quantitative estimate of drug-likeness (QED) is 0.685. The van der Waals surface area contributed by atoms with Crippen LogP contribution in [0.3, 0.4) is 0 Å². The van der Waals surface area contributed by atoms with E-state index in [0.717, 1.165) is 48.6 Å². The molecule has 0 saturated carbocycles. The number of carbonyl (C=O) groups is 1. The van der Waals surface area contributed by atoms with Gasteiger partial charge in [-0.2, -0.15) is 0 Å². The van der Waals surface area contributed by atoms with Gasteiger partial charge in [0.2, 0.25) is 5.91 Å². The number of benzene rings is 2. The topological polar surface area (TPSA) is 58.1 Å². The number of hydrogen-bond donors (Lipinski definition) is 1. The molecular weight excluding hydrogens is 384 g/mol. The average Bonchev–Trinajstić information content (AvgIpc) is 2.79. The van der Waals surface area contributed by atoms with E-state index < -0.39 is 0 Å². The summed E-state index contributed by atoms with van der Waals surface area (Å²) < 4.78 is 0. The van der Waals surface area contributed by atoms with E-state index in [9.17, 15) is 4.79 Å². The minimum Gasteiger partial charge on any atom is -0.355 e. The number of amides is 1. The van der Waals surface area contributed by atoms with Crippen LogP contribution in [-0.2, 0) is 11.3 Å². The van der Waals surface area contributed by atoms with Gasteiger partial charge in [-0.25, -0.2) is 0 Å². The van der Waals surface area contributed by atoms with E-state index in [2.05, 4.69) is 20.4 Å². The zero-order valence-electron chi connectivity index (χ0n) is 16.1. The molecule has 3 aromatic rings. The normalized spacial score (nSPS) is 14.6. The maximum absolute atomic E-state index is 12.5. The highest BCUT2D eigenvalue weighted by Gasteiger charge is 2.25. The Morgan fingerprint density at radius 3 is 2.38 bits per heavy atom. The first kappa shape index (κ1) is 19.4. The first-order valence-electron chi connectivity index (χ1n) is 9.86. The summed E-state index contributed by atoms with van der Waals surface area (Å²) in [4.78, 5) is 14.7. The number of aromatic nitrogens is 2. The van der Waals surface area contributed by atoms with Gasteiger partial charge in [0.15, 0.2) is 5.82 Å². The molecule has 0 spiro atoms. The number of nitrogens with one attached hydrogen (secondary N) is 1. The molecule has 0 aliphatic carbocycles. The van der Waals surface area contributed by atoms with Crippen molar-refractivity contribution in [3.63, 3.8) is 0 Å². The summed E-state index contributed by atoms with van der Waals surface area (Å²) in [7, 11) is 0. The predicted octanol–water partition coefficient (Wildman–Crippen LogP) is 4.33. The van der Waals surface area contributed by atoms with Gasteiger partial charge in [-0.15, -0.1) is 10.2 Å². The lowest BCUT2D eigenvalue weighted by Gasteiger charge is -2.31. The summed E-state index contributed by atoms with van der Waals surface area (Å²) >= 11 is 6.16. The molecule has 1 aromatic heterocycles. The minimum atomic E-state index is 0.0188. The zero-order chi connectivity index (χ0) is 20.1. The highest BCUT2D eigenvalue weighted by Crippen LogP contribution is 2.24. The van der Waals surface area contributed by atoms with Crippen LogP contribution >= 0.6 is 11.6 Å². The van der Waals surface area contributed by atoms with E-state index in [1.807, 2.05) is 66.7 Å². The summed E-state index contributed by atoms with van der Waals surface area (Å²) in [5.41, 5.74) is 2.86. The third-order valence-electron chi connectivity index (χ3n) is 5.32. The fourth-order valence-electron chi connectivity index (χ4n) is 3.60. The van der Waals surface area contributed by atoms with Crippen molar-refractivity contribution in [1.29, 1.82) is 0 Å². The smallest absolute Gasteiger partial charge is 0.223 e. The summed E-state index contributed by atoms with van der Waals surface area (Å²) in [5, 5.41) is 12.5. The summed E-state index contributed by atoms with van der Waals surface area (Å²) in [6, 6.07) is 21.6. The molecule has 29 heavy (non-hydrogen) atoms. The third kappa shape index (κ3) is 4.74. The molecular formula is C23H23ClN4O. The Bertz CT molecular complexity index is 954. The first-order valence-corrected chi connectivity index (χ1v) is 10.2. The number of rotatable bonds is 5. The number of anilines is 1. The Kier molecular flexibility index (Phi) is 6.06. The van der Waals surface area contributed by atoms with Crippen molar-refractivity contribution < 1.29 is 4.79 Å². The lowest BCUT2D eigenvalue weighted by atomic mass is 9.96. The molecule has 1 aliphatic rings. The third-order valence-corrected chi connectivity index (χ3v) is 5.69. The van der Waals surface area contributed by atoms with Crippen LogP contribution in [0.1, 0.15) is 18.4 Å². The van der Waals surface area contributed by atoms with Gasteiger partial charge in [0, 0.05) is 36.1 Å². The SMILES string of the molecule is O=C(NCc1ccccc1Cl)C1CCN(c2ccc(-c3ccccc3)nn2)CC1. The fourth-order valence-corrected chi connectivity index (χ4v) is 3.80. The van der Waals surface area contributed by atoms with Crippen molar-refractivity contribution in [3.8, 4) is 11.3 Å². The molecule has 1 fully saturated rings. The molecule has 0 unspecified atom stereocenters. The fraction of sp³-hybridized carbons (Fsp3) is 0.261. The number of nitrogens with zero attached hydrogens (tertiary/aromatic N) is 3. The number of halogens is 1. The van der Waals surface area contributed by atoms with Gasteiger partial charge in [-0.1, -0.05) is 60.1 Å². The van der Waals surface area contributed by atoms with Gasteiger partial charge in [0.1, 0.15) is 0 Å². The molecule has 0 radical (unpaired) electrons. The molecule has 5 nitrogen and oxygen atoms in total. The maximum Gasteiger partial charge on any atom is 0.223 e. The Hall–Kier alpha value is -2.92. The van der Waals surface area contributed by atoms with E-state index >= 15 is 0 Å². The van der Waals surface area contributed by atoms with Gasteiger partial charge in [0.05, 0.1) is 5.69 Å². The highest BCUT2D eigenvalue weighted by atomic mass is 35.5. The number of piperidine rings is 1. The molecule has 1 amide bonds. The van der Waals surface area contributed by atoms with Gasteiger partial charge in [0.25, 0.3) is 0 Å². The lowest BCUT2D eigenvalue weighted by Crippen LogP contribution is -2.40. The van der Waals surface area contributed by atoms with Gasteiger partial charge < -0.3 is 10.2 Å². The van der Waals surface area contributed by atoms with E-state index in [4.69, 9.17) is 11.6 Å². The summed E-state index contributed by atoms with van der Waals surface area (Å²) in [6.45, 7) is 2.05. The van der Waals surface area contributed by atoms with Crippen molar-refractivity contribution in [3.05, 3.63) is 77.3 Å². The van der Waals surface area contributed by atoms with Crippen LogP contribution < -0.4 is 10.2 Å². The second-order valence-electron chi connectivity index (χ2n) is 7.21. The Morgan fingerprint density at radius 1 is 0.966 bits per heavy atom. The van der Waals surface area contributed by atoms with E-state index in [1.54, 1.807) is 0 Å². The molecule has 1 N–H and O–H groups in total. The molecule has 0 atom stereocenters. The van der Waals surface area contributed by atoms with Crippen molar-refractivity contribution in [1.82, 2.24) is 15.5 Å². The number of hydrogen-bond acceptors (Lipinski definition) is 4. The monoisotopic (exact) mass is 406 g/mol. The summed E-state index contributed by atoms with van der Waals surface area (Å²) in [6.07, 6.45) is 1.60. The second-order valence-corrected chi connectivity index (χ2v) is 7.62. The Balaban J connectivity index is 1.30. The van der Waals surface area contributed by atoms with E-state index in [1.165, 1.54) is 0 Å². The van der Waals surface area contributed by atoms with Crippen molar-refractivity contribution in [2.24, 2.45) is 5.92 Å². The minimum absolute atomic E-state index is 0.0188. The molecule has 1 saturated heterocycles. The zero-order valence-corrected chi connectivity index (χ0v) is 16.8. The van der Waals surface area contributed by atoms with Crippen LogP contribution in [0.4, 0.5) is 5.82 Å². The molecule has 148 valence electrons.